The van der Waals surface area contributed by atoms with Gasteiger partial charge in [0.1, 0.15) is 12.6 Å². The van der Waals surface area contributed by atoms with Crippen molar-refractivity contribution in [1.82, 2.24) is 15.1 Å². The Morgan fingerprint density at radius 1 is 1.24 bits per heavy atom. The number of urea groups is 1. The molecule has 3 aliphatic rings. The maximum Gasteiger partial charge on any atom is 0.328 e. The van der Waals surface area contributed by atoms with Crippen molar-refractivity contribution < 1.29 is 24.6 Å². The third-order valence-corrected chi connectivity index (χ3v) is 4.80. The first-order chi connectivity index (χ1) is 9.97. The van der Waals surface area contributed by atoms with Crippen LogP contribution in [0.1, 0.15) is 12.8 Å². The Bertz CT molecular complexity index is 482. The molecule has 0 radical (unpaired) electrons. The highest BCUT2D eigenvalue weighted by molar-refractivity contribution is 5.90. The molecule has 21 heavy (non-hydrogen) atoms. The zero-order valence-electron chi connectivity index (χ0n) is 11.6. The van der Waals surface area contributed by atoms with Crippen molar-refractivity contribution in [3.63, 3.8) is 0 Å². The number of fused-ring (bicyclic) bond motifs is 1. The average molecular weight is 297 g/mol. The van der Waals surface area contributed by atoms with Crippen molar-refractivity contribution in [3.05, 3.63) is 0 Å². The van der Waals surface area contributed by atoms with Gasteiger partial charge < -0.3 is 20.4 Å². The number of hydrogen-bond donors (Lipinski definition) is 3. The third-order valence-electron chi connectivity index (χ3n) is 4.80. The summed E-state index contributed by atoms with van der Waals surface area (Å²) in [4.78, 5) is 37.9. The van der Waals surface area contributed by atoms with E-state index in [-0.39, 0.29) is 36.9 Å². The van der Waals surface area contributed by atoms with Crippen LogP contribution in [-0.4, -0.2) is 76.2 Å². The van der Waals surface area contributed by atoms with Crippen LogP contribution in [0.5, 0.6) is 0 Å². The number of nitrogens with zero attached hydrogens (tertiary/aromatic N) is 2. The molecule has 2 heterocycles. The third kappa shape index (κ3) is 2.44. The number of aliphatic carboxylic acids is 1. The molecule has 3 rings (SSSR count). The molecule has 0 spiro atoms. The van der Waals surface area contributed by atoms with Crippen LogP contribution in [0.25, 0.3) is 0 Å². The number of piperazine rings is 1. The van der Waals surface area contributed by atoms with Crippen LogP contribution in [0, 0.1) is 11.8 Å². The summed E-state index contributed by atoms with van der Waals surface area (Å²) in [7, 11) is 0. The van der Waals surface area contributed by atoms with Crippen molar-refractivity contribution in [2.24, 2.45) is 11.8 Å². The van der Waals surface area contributed by atoms with E-state index in [0.717, 1.165) is 17.7 Å². The van der Waals surface area contributed by atoms with E-state index in [2.05, 4.69) is 5.32 Å². The molecule has 116 valence electrons. The Hall–Kier alpha value is -1.83. The molecule has 8 nitrogen and oxygen atoms in total. The van der Waals surface area contributed by atoms with Gasteiger partial charge >= 0.3 is 12.0 Å². The summed E-state index contributed by atoms with van der Waals surface area (Å²) in [5.74, 6) is -1.11. The number of hydrogen-bond acceptors (Lipinski definition) is 4. The van der Waals surface area contributed by atoms with E-state index in [1.807, 2.05) is 0 Å². The highest BCUT2D eigenvalue weighted by Crippen LogP contribution is 2.38. The summed E-state index contributed by atoms with van der Waals surface area (Å²) in [6, 6.07) is -1.44. The molecule has 3 fully saturated rings. The lowest BCUT2D eigenvalue weighted by Crippen LogP contribution is -2.61. The van der Waals surface area contributed by atoms with Crippen molar-refractivity contribution in [1.29, 1.82) is 0 Å². The van der Waals surface area contributed by atoms with Crippen molar-refractivity contribution in [3.8, 4) is 0 Å². The largest absolute Gasteiger partial charge is 0.480 e. The lowest BCUT2D eigenvalue weighted by Gasteiger charge is -2.35. The normalized spacial score (nSPS) is 35.6. The van der Waals surface area contributed by atoms with Crippen LogP contribution in [0.2, 0.25) is 0 Å². The number of nitrogens with one attached hydrogen (secondary N) is 1. The van der Waals surface area contributed by atoms with Gasteiger partial charge in [-0.05, 0) is 18.8 Å². The highest BCUT2D eigenvalue weighted by atomic mass is 16.4. The standard InChI is InChI=1S/C13H19N3O5/c17-10-2-1-7-4-15(5-8(7)10)13(21)16-6-11(18)14-3-9(16)12(19)20/h7-10,17H,1-6H2,(H,14,18)(H,19,20). The van der Waals surface area contributed by atoms with E-state index < -0.39 is 18.0 Å². The van der Waals surface area contributed by atoms with Crippen molar-refractivity contribution >= 4 is 17.9 Å². The van der Waals surface area contributed by atoms with E-state index >= 15 is 0 Å². The Kier molecular flexibility index (Phi) is 3.48. The van der Waals surface area contributed by atoms with Gasteiger partial charge in [-0.3, -0.25) is 9.69 Å². The summed E-state index contributed by atoms with van der Waals surface area (Å²) in [5, 5.41) is 21.5. The van der Waals surface area contributed by atoms with Gasteiger partial charge in [0.05, 0.1) is 6.10 Å². The molecule has 8 heteroatoms. The van der Waals surface area contributed by atoms with Gasteiger partial charge in [0.15, 0.2) is 0 Å². The average Bonchev–Trinajstić information content (AvgIpc) is 3.00. The van der Waals surface area contributed by atoms with Crippen molar-refractivity contribution in [2.45, 2.75) is 25.0 Å². The predicted octanol–water partition coefficient (Wildman–Crippen LogP) is -1.31. The van der Waals surface area contributed by atoms with E-state index in [4.69, 9.17) is 0 Å². The molecular weight excluding hydrogens is 278 g/mol. The minimum Gasteiger partial charge on any atom is -0.480 e. The fourth-order valence-corrected chi connectivity index (χ4v) is 3.64. The molecule has 1 saturated carbocycles. The summed E-state index contributed by atoms with van der Waals surface area (Å²) >= 11 is 0. The van der Waals surface area contributed by atoms with Gasteiger partial charge in [-0.2, -0.15) is 0 Å². The van der Waals surface area contributed by atoms with Crippen LogP contribution < -0.4 is 5.32 Å². The van der Waals surface area contributed by atoms with Gasteiger partial charge in [0, 0.05) is 25.6 Å². The van der Waals surface area contributed by atoms with Crippen LogP contribution >= 0.6 is 0 Å². The molecule has 0 aromatic heterocycles. The quantitative estimate of drug-likeness (QED) is 0.557. The number of aliphatic hydroxyl groups is 1. The molecule has 1 aliphatic carbocycles. The summed E-state index contributed by atoms with van der Waals surface area (Å²) in [6.45, 7) is 0.674. The second-order valence-corrected chi connectivity index (χ2v) is 6.04. The fourth-order valence-electron chi connectivity index (χ4n) is 3.64. The van der Waals surface area contributed by atoms with Crippen LogP contribution in [0.15, 0.2) is 0 Å². The Morgan fingerprint density at radius 2 is 2.00 bits per heavy atom. The zero-order valence-corrected chi connectivity index (χ0v) is 11.6. The predicted molar refractivity (Wildman–Crippen MR) is 70.3 cm³/mol. The van der Waals surface area contributed by atoms with Gasteiger partial charge in [-0.15, -0.1) is 0 Å². The minimum atomic E-state index is -1.12. The number of aliphatic hydroxyl groups excluding tert-OH is 1. The summed E-state index contributed by atoms with van der Waals surface area (Å²) in [6.07, 6.45) is 1.27. The second-order valence-electron chi connectivity index (χ2n) is 6.04. The first-order valence-electron chi connectivity index (χ1n) is 7.20. The van der Waals surface area contributed by atoms with Gasteiger partial charge in [0.25, 0.3) is 0 Å². The molecule has 3 amide bonds. The Balaban J connectivity index is 1.71. The highest BCUT2D eigenvalue weighted by Gasteiger charge is 2.46. The number of rotatable bonds is 1. The smallest absolute Gasteiger partial charge is 0.328 e. The molecule has 2 aliphatic heterocycles. The Labute approximate surface area is 121 Å². The summed E-state index contributed by atoms with van der Waals surface area (Å²) in [5.41, 5.74) is 0. The maximum absolute atomic E-state index is 12.5. The topological polar surface area (TPSA) is 110 Å². The molecule has 4 atom stereocenters. The molecule has 3 N–H and O–H groups in total. The van der Waals surface area contributed by atoms with Gasteiger partial charge in [0.2, 0.25) is 5.91 Å². The number of carbonyl (C=O) groups excluding carboxylic acids is 2. The van der Waals surface area contributed by atoms with E-state index in [0.29, 0.717) is 13.1 Å². The molecule has 0 aromatic carbocycles. The van der Waals surface area contributed by atoms with Crippen LogP contribution in [0.4, 0.5) is 4.79 Å². The number of amides is 3. The molecular formula is C13H19N3O5. The minimum absolute atomic E-state index is 0.0662. The SMILES string of the molecule is O=C1CN(C(=O)N2CC3CCC(O)C3C2)C(C(=O)O)CN1. The van der Waals surface area contributed by atoms with Crippen LogP contribution in [0.3, 0.4) is 0 Å². The van der Waals surface area contributed by atoms with E-state index in [1.165, 1.54) is 0 Å². The lowest BCUT2D eigenvalue weighted by atomic mass is 10.00. The van der Waals surface area contributed by atoms with E-state index in [1.54, 1.807) is 4.90 Å². The fraction of sp³-hybridized carbons (Fsp3) is 0.769. The van der Waals surface area contributed by atoms with Crippen molar-refractivity contribution in [2.75, 3.05) is 26.2 Å². The first kappa shape index (κ1) is 14.1. The Morgan fingerprint density at radius 3 is 2.67 bits per heavy atom. The number of carbonyl (C=O) groups is 3. The molecule has 4 unspecified atom stereocenters. The van der Waals surface area contributed by atoms with Crippen LogP contribution in [-0.2, 0) is 9.59 Å². The number of likely N-dealkylation sites (tertiary alicyclic amines) is 1. The lowest BCUT2D eigenvalue weighted by molar-refractivity contribution is -0.144. The molecule has 0 aromatic rings. The molecule has 2 saturated heterocycles. The maximum atomic E-state index is 12.5. The van der Waals surface area contributed by atoms with Gasteiger partial charge in [-0.1, -0.05) is 0 Å². The van der Waals surface area contributed by atoms with E-state index in [9.17, 15) is 24.6 Å². The number of carboxylic acids is 1. The second kappa shape index (κ2) is 5.18. The zero-order chi connectivity index (χ0) is 15.1. The van der Waals surface area contributed by atoms with Gasteiger partial charge in [-0.25, -0.2) is 9.59 Å². The monoisotopic (exact) mass is 297 g/mol. The first-order valence-corrected chi connectivity index (χ1v) is 7.20. The number of carboxylic acid groups (broad SMARTS) is 1. The molecule has 0 bridgehead atoms. The summed E-state index contributed by atoms with van der Waals surface area (Å²) < 4.78 is 0.